The van der Waals surface area contributed by atoms with E-state index in [1.54, 1.807) is 0 Å². The van der Waals surface area contributed by atoms with Crippen LogP contribution in [0.25, 0.3) is 16.6 Å². The third-order valence-corrected chi connectivity index (χ3v) is 6.94. The Morgan fingerprint density at radius 3 is 2.73 bits per heavy atom. The first-order chi connectivity index (χ1) is 17.9. The largest absolute Gasteiger partial charge is 0.485 e. The summed E-state index contributed by atoms with van der Waals surface area (Å²) in [5.41, 5.74) is 5.01. The average Bonchev–Trinajstić information content (AvgIpc) is 2.91. The summed E-state index contributed by atoms with van der Waals surface area (Å²) in [4.78, 5) is 7.27. The van der Waals surface area contributed by atoms with Gasteiger partial charge in [0.25, 0.3) is 0 Å². The molecule has 1 aromatic carbocycles. The molecule has 0 fully saturated rings. The van der Waals surface area contributed by atoms with E-state index in [1.165, 1.54) is 5.57 Å². The normalized spacial score (nSPS) is 17.7. The Kier molecular flexibility index (Phi) is 10.9. The van der Waals surface area contributed by atoms with E-state index in [0.29, 0.717) is 31.1 Å². The van der Waals surface area contributed by atoms with E-state index in [9.17, 15) is 0 Å². The fraction of sp³-hybridized carbons (Fsp3) is 0.469. The Hall–Kier alpha value is -2.92. The van der Waals surface area contributed by atoms with Crippen molar-refractivity contribution < 1.29 is 9.13 Å². The van der Waals surface area contributed by atoms with Gasteiger partial charge in [0, 0.05) is 17.3 Å². The predicted molar refractivity (Wildman–Crippen MR) is 155 cm³/mol. The predicted octanol–water partition coefficient (Wildman–Crippen LogP) is 8.19. The number of halogens is 1. The number of allylic oxidation sites excluding steroid dienone is 5. The SMILES string of the molecule is CC=C(c1ccc2cccc(OC(CC(C)CC)C(F)CCNC)c2n1)N1C=CC(C)=CC1=CCCC. The molecule has 0 spiro atoms. The molecule has 200 valence electrons. The lowest BCUT2D eigenvalue weighted by atomic mass is 9.97. The zero-order chi connectivity index (χ0) is 26.8. The Labute approximate surface area is 223 Å². The zero-order valence-electron chi connectivity index (χ0n) is 23.4. The van der Waals surface area contributed by atoms with Gasteiger partial charge in [0.15, 0.2) is 0 Å². The maximum Gasteiger partial charge on any atom is 0.146 e. The number of benzene rings is 1. The van der Waals surface area contributed by atoms with E-state index in [-0.39, 0.29) is 0 Å². The minimum absolute atomic E-state index is 0.377. The van der Waals surface area contributed by atoms with E-state index in [0.717, 1.165) is 47.3 Å². The maximum absolute atomic E-state index is 15.3. The van der Waals surface area contributed by atoms with Crippen LogP contribution in [0.3, 0.4) is 0 Å². The Bertz CT molecular complexity index is 1150. The number of ether oxygens (including phenoxy) is 1. The molecule has 4 nitrogen and oxygen atoms in total. The highest BCUT2D eigenvalue weighted by Crippen LogP contribution is 2.32. The Balaban J connectivity index is 1.98. The van der Waals surface area contributed by atoms with Crippen molar-refractivity contribution in [1.82, 2.24) is 15.2 Å². The van der Waals surface area contributed by atoms with E-state index < -0.39 is 12.3 Å². The van der Waals surface area contributed by atoms with Crippen LogP contribution in [0.4, 0.5) is 4.39 Å². The van der Waals surface area contributed by atoms with Gasteiger partial charge in [-0.2, -0.15) is 0 Å². The lowest BCUT2D eigenvalue weighted by molar-refractivity contribution is 0.0754. The lowest BCUT2D eigenvalue weighted by Gasteiger charge is -2.28. The number of para-hydroxylation sites is 1. The van der Waals surface area contributed by atoms with E-state index >= 15 is 4.39 Å². The van der Waals surface area contributed by atoms with Gasteiger partial charge in [0.05, 0.1) is 11.4 Å². The molecule has 0 amide bonds. The standard InChI is InChI=1S/C32H44FN3O/c1-7-10-13-26-21-24(5)18-20-36(26)29(9-3)28-16-15-25-12-11-14-30(32(25)35-28)37-31(22-23(4)8-2)27(33)17-19-34-6/h9,11-16,18,20-21,23,27,31,34H,7-8,10,17,19,22H2,1-6H3. The second-order valence-electron chi connectivity index (χ2n) is 10.0. The van der Waals surface area contributed by atoms with E-state index in [1.807, 2.05) is 32.2 Å². The summed E-state index contributed by atoms with van der Waals surface area (Å²) in [6, 6.07) is 10.0. The smallest absolute Gasteiger partial charge is 0.146 e. The van der Waals surface area contributed by atoms with Crippen molar-refractivity contribution in [1.29, 1.82) is 0 Å². The van der Waals surface area contributed by atoms with Crippen LogP contribution in [0.1, 0.15) is 72.4 Å². The molecule has 0 bridgehead atoms. The Morgan fingerprint density at radius 1 is 1.22 bits per heavy atom. The number of fused-ring (bicyclic) bond motifs is 1. The summed E-state index contributed by atoms with van der Waals surface area (Å²) >= 11 is 0. The molecule has 1 N–H and O–H groups in total. The summed E-state index contributed by atoms with van der Waals surface area (Å²) < 4.78 is 21.7. The van der Waals surface area contributed by atoms with Gasteiger partial charge in [-0.25, -0.2) is 9.37 Å². The highest BCUT2D eigenvalue weighted by atomic mass is 19.1. The van der Waals surface area contributed by atoms with Crippen molar-refractivity contribution in [2.75, 3.05) is 13.6 Å². The van der Waals surface area contributed by atoms with Gasteiger partial charge in [0.2, 0.25) is 0 Å². The maximum atomic E-state index is 15.3. The molecule has 3 unspecified atom stereocenters. The topological polar surface area (TPSA) is 37.4 Å². The molecule has 2 heterocycles. The minimum Gasteiger partial charge on any atom is -0.485 e. The Morgan fingerprint density at radius 2 is 2.03 bits per heavy atom. The van der Waals surface area contributed by atoms with Gasteiger partial charge < -0.3 is 15.0 Å². The summed E-state index contributed by atoms with van der Waals surface area (Å²) in [7, 11) is 1.85. The molecule has 0 aliphatic carbocycles. The second-order valence-corrected chi connectivity index (χ2v) is 10.0. The molecule has 0 radical (unpaired) electrons. The minimum atomic E-state index is -1.05. The summed E-state index contributed by atoms with van der Waals surface area (Å²) in [6.07, 6.45) is 13.4. The van der Waals surface area contributed by atoms with Crippen LogP contribution in [-0.2, 0) is 0 Å². The molecule has 5 heteroatoms. The number of hydrogen-bond donors (Lipinski definition) is 1. The summed E-state index contributed by atoms with van der Waals surface area (Å²) in [5.74, 6) is 1.02. The van der Waals surface area contributed by atoms with Gasteiger partial charge >= 0.3 is 0 Å². The van der Waals surface area contributed by atoms with Crippen molar-refractivity contribution in [3.63, 3.8) is 0 Å². The van der Waals surface area contributed by atoms with Crippen LogP contribution in [0, 0.1) is 5.92 Å². The third kappa shape index (κ3) is 7.54. The summed E-state index contributed by atoms with van der Waals surface area (Å²) in [6.45, 7) is 11.3. The second kappa shape index (κ2) is 14.1. The summed E-state index contributed by atoms with van der Waals surface area (Å²) in [5, 5.41) is 4.04. The molecule has 37 heavy (non-hydrogen) atoms. The van der Waals surface area contributed by atoms with Crippen molar-refractivity contribution in [2.45, 2.75) is 79.0 Å². The number of aromatic nitrogens is 1. The molecular formula is C32H44FN3O. The van der Waals surface area contributed by atoms with E-state index in [4.69, 9.17) is 9.72 Å². The van der Waals surface area contributed by atoms with Gasteiger partial charge in [-0.1, -0.05) is 64.0 Å². The average molecular weight is 506 g/mol. The number of hydrogen-bond acceptors (Lipinski definition) is 4. The fourth-order valence-corrected chi connectivity index (χ4v) is 4.53. The number of alkyl halides is 1. The molecule has 0 saturated carbocycles. The number of pyridine rings is 1. The number of nitrogens with zero attached hydrogens (tertiary/aromatic N) is 2. The van der Waals surface area contributed by atoms with Gasteiger partial charge in [-0.3, -0.25) is 0 Å². The molecule has 1 aliphatic heterocycles. The van der Waals surface area contributed by atoms with Crippen LogP contribution < -0.4 is 10.1 Å². The van der Waals surface area contributed by atoms with Gasteiger partial charge in [-0.15, -0.1) is 0 Å². The molecular weight excluding hydrogens is 461 g/mol. The van der Waals surface area contributed by atoms with Crippen molar-refractivity contribution >= 4 is 16.6 Å². The van der Waals surface area contributed by atoms with Crippen molar-refractivity contribution in [3.05, 3.63) is 77.8 Å². The number of nitrogens with one attached hydrogen (secondary N) is 1. The highest BCUT2D eigenvalue weighted by Gasteiger charge is 2.26. The van der Waals surface area contributed by atoms with Crippen molar-refractivity contribution in [2.24, 2.45) is 5.92 Å². The number of unbranched alkanes of at least 4 members (excludes halogenated alkanes) is 1. The monoisotopic (exact) mass is 505 g/mol. The molecule has 1 aromatic heterocycles. The number of rotatable bonds is 13. The third-order valence-electron chi connectivity index (χ3n) is 6.94. The van der Waals surface area contributed by atoms with Crippen LogP contribution in [0.5, 0.6) is 5.75 Å². The van der Waals surface area contributed by atoms with Crippen LogP contribution >= 0.6 is 0 Å². The molecule has 3 atom stereocenters. The van der Waals surface area contributed by atoms with Gasteiger partial charge in [0.1, 0.15) is 23.5 Å². The van der Waals surface area contributed by atoms with Crippen LogP contribution in [0.2, 0.25) is 0 Å². The van der Waals surface area contributed by atoms with E-state index in [2.05, 4.69) is 80.5 Å². The fourth-order valence-electron chi connectivity index (χ4n) is 4.53. The zero-order valence-corrected chi connectivity index (χ0v) is 23.4. The molecule has 1 aliphatic rings. The van der Waals surface area contributed by atoms with Crippen molar-refractivity contribution in [3.8, 4) is 5.75 Å². The molecule has 2 aromatic rings. The van der Waals surface area contributed by atoms with Crippen LogP contribution in [0.15, 0.2) is 72.1 Å². The highest BCUT2D eigenvalue weighted by molar-refractivity contribution is 5.86. The first-order valence-corrected chi connectivity index (χ1v) is 13.8. The lowest BCUT2D eigenvalue weighted by Crippen LogP contribution is -2.32. The first kappa shape index (κ1) is 28.6. The molecule has 0 saturated heterocycles. The van der Waals surface area contributed by atoms with Gasteiger partial charge in [-0.05, 0) is 82.5 Å². The van der Waals surface area contributed by atoms with Crippen LogP contribution in [-0.4, -0.2) is 35.8 Å². The molecule has 3 rings (SSSR count). The quantitative estimate of drug-likeness (QED) is 0.298. The first-order valence-electron chi connectivity index (χ1n) is 13.8.